The number of thiocarbonyl (C=S) groups is 1. The van der Waals surface area contributed by atoms with Gasteiger partial charge in [-0.05, 0) is 43.3 Å². The van der Waals surface area contributed by atoms with E-state index in [9.17, 15) is 0 Å². The summed E-state index contributed by atoms with van der Waals surface area (Å²) < 4.78 is 5.33. The van der Waals surface area contributed by atoms with Crippen LogP contribution in [-0.2, 0) is 0 Å². The van der Waals surface area contributed by atoms with Crippen molar-refractivity contribution >= 4 is 23.0 Å². The minimum absolute atomic E-state index is 0.582. The number of aryl methyl sites for hydroxylation is 2. The predicted octanol–water partition coefficient (Wildman–Crippen LogP) is 2.23. The first kappa shape index (κ1) is 11.8. The quantitative estimate of drug-likeness (QED) is 0.755. The number of benzene rings is 1. The lowest BCUT2D eigenvalue weighted by atomic mass is 10.1. The molecule has 4 heteroatoms. The topological polar surface area (TPSA) is 33.3 Å². The molecule has 0 atom stereocenters. The highest BCUT2D eigenvalue weighted by Crippen LogP contribution is 2.29. The minimum Gasteiger partial charge on any atom is -0.494 e. The molecule has 3 nitrogen and oxygen atoms in total. The van der Waals surface area contributed by atoms with Crippen molar-refractivity contribution in [2.24, 2.45) is 0 Å². The van der Waals surface area contributed by atoms with Gasteiger partial charge in [-0.15, -0.1) is 0 Å². The van der Waals surface area contributed by atoms with Crippen molar-refractivity contribution in [3.05, 3.63) is 23.3 Å². The Hall–Kier alpha value is -1.29. The normalized spacial score (nSPS) is 9.60. The van der Waals surface area contributed by atoms with Crippen LogP contribution in [0.4, 0.5) is 5.69 Å². The van der Waals surface area contributed by atoms with Crippen LogP contribution in [0, 0.1) is 13.8 Å². The van der Waals surface area contributed by atoms with Gasteiger partial charge in [0.05, 0.1) is 12.8 Å². The van der Waals surface area contributed by atoms with E-state index < -0.39 is 0 Å². The third-order valence-corrected chi connectivity index (χ3v) is 2.40. The Morgan fingerprint density at radius 1 is 1.33 bits per heavy atom. The van der Waals surface area contributed by atoms with E-state index in [-0.39, 0.29) is 0 Å². The number of nitrogens with one attached hydrogen (secondary N) is 2. The van der Waals surface area contributed by atoms with E-state index in [1.165, 1.54) is 5.56 Å². The third kappa shape index (κ3) is 2.83. The molecule has 0 unspecified atom stereocenters. The van der Waals surface area contributed by atoms with Crippen molar-refractivity contribution in [2.75, 3.05) is 19.5 Å². The summed E-state index contributed by atoms with van der Waals surface area (Å²) in [6.07, 6.45) is 0. The molecule has 0 amide bonds. The van der Waals surface area contributed by atoms with Gasteiger partial charge in [-0.3, -0.25) is 0 Å². The van der Waals surface area contributed by atoms with Gasteiger partial charge in [-0.25, -0.2) is 0 Å². The molecule has 0 spiro atoms. The molecule has 1 aromatic rings. The van der Waals surface area contributed by atoms with Gasteiger partial charge >= 0.3 is 0 Å². The first-order chi connectivity index (χ1) is 7.08. The second kappa shape index (κ2) is 4.98. The van der Waals surface area contributed by atoms with E-state index >= 15 is 0 Å². The number of hydrogen-bond acceptors (Lipinski definition) is 2. The molecule has 0 heterocycles. The van der Waals surface area contributed by atoms with Crippen molar-refractivity contribution in [1.82, 2.24) is 5.32 Å². The highest BCUT2D eigenvalue weighted by Gasteiger charge is 2.07. The molecule has 15 heavy (non-hydrogen) atoms. The minimum atomic E-state index is 0.582. The summed E-state index contributed by atoms with van der Waals surface area (Å²) in [4.78, 5) is 0. The van der Waals surface area contributed by atoms with Crippen LogP contribution in [0.25, 0.3) is 0 Å². The molecular formula is C11H16N2OS. The fourth-order valence-corrected chi connectivity index (χ4v) is 1.61. The van der Waals surface area contributed by atoms with E-state index in [0.717, 1.165) is 17.0 Å². The fraction of sp³-hybridized carbons (Fsp3) is 0.364. The predicted molar refractivity (Wildman–Crippen MR) is 67.7 cm³/mol. The zero-order valence-electron chi connectivity index (χ0n) is 9.47. The van der Waals surface area contributed by atoms with Crippen LogP contribution in [0.3, 0.4) is 0 Å². The average molecular weight is 224 g/mol. The van der Waals surface area contributed by atoms with Crippen molar-refractivity contribution in [1.29, 1.82) is 0 Å². The van der Waals surface area contributed by atoms with Crippen LogP contribution in [0.5, 0.6) is 5.75 Å². The number of ether oxygens (including phenoxy) is 1. The van der Waals surface area contributed by atoms with Crippen LogP contribution >= 0.6 is 12.2 Å². The van der Waals surface area contributed by atoms with Gasteiger partial charge in [0.25, 0.3) is 0 Å². The molecule has 0 fully saturated rings. The van der Waals surface area contributed by atoms with Crippen LogP contribution in [0.15, 0.2) is 12.1 Å². The molecule has 0 aromatic heterocycles. The van der Waals surface area contributed by atoms with Crippen molar-refractivity contribution in [2.45, 2.75) is 13.8 Å². The smallest absolute Gasteiger partial charge is 0.170 e. The second-order valence-electron chi connectivity index (χ2n) is 3.37. The second-order valence-corrected chi connectivity index (χ2v) is 3.78. The number of methoxy groups -OCH3 is 1. The SMILES string of the molecule is CNC(=S)Nc1cc(C)cc(C)c1OC. The van der Waals surface area contributed by atoms with Crippen molar-refractivity contribution in [3.63, 3.8) is 0 Å². The van der Waals surface area contributed by atoms with E-state index in [0.29, 0.717) is 5.11 Å². The summed E-state index contributed by atoms with van der Waals surface area (Å²) in [5, 5.41) is 6.54. The summed E-state index contributed by atoms with van der Waals surface area (Å²) in [7, 11) is 3.44. The molecule has 2 N–H and O–H groups in total. The maximum absolute atomic E-state index is 5.33. The molecule has 82 valence electrons. The summed E-state index contributed by atoms with van der Waals surface area (Å²) in [6, 6.07) is 4.09. The lowest BCUT2D eigenvalue weighted by molar-refractivity contribution is 0.413. The number of hydrogen-bond donors (Lipinski definition) is 2. The van der Waals surface area contributed by atoms with E-state index in [1.54, 1.807) is 14.2 Å². The van der Waals surface area contributed by atoms with Gasteiger partial charge in [-0.2, -0.15) is 0 Å². The standard InChI is InChI=1S/C11H16N2OS/c1-7-5-8(2)10(14-4)9(6-7)13-11(15)12-3/h5-6H,1-4H3,(H2,12,13,15). The monoisotopic (exact) mass is 224 g/mol. The van der Waals surface area contributed by atoms with Gasteiger partial charge in [0, 0.05) is 7.05 Å². The maximum atomic E-state index is 5.33. The third-order valence-electron chi connectivity index (χ3n) is 2.10. The van der Waals surface area contributed by atoms with Crippen molar-refractivity contribution in [3.8, 4) is 5.75 Å². The molecular weight excluding hydrogens is 208 g/mol. The maximum Gasteiger partial charge on any atom is 0.170 e. The van der Waals surface area contributed by atoms with Crippen LogP contribution in [0.2, 0.25) is 0 Å². The molecule has 1 rings (SSSR count). The largest absolute Gasteiger partial charge is 0.494 e. The molecule has 0 bridgehead atoms. The summed E-state index contributed by atoms with van der Waals surface area (Å²) >= 11 is 5.05. The van der Waals surface area contributed by atoms with Gasteiger partial charge in [0.15, 0.2) is 5.11 Å². The average Bonchev–Trinajstić information content (AvgIpc) is 2.17. The molecule has 1 aromatic carbocycles. The lowest BCUT2D eigenvalue weighted by Crippen LogP contribution is -2.24. The van der Waals surface area contributed by atoms with Crippen LogP contribution in [0.1, 0.15) is 11.1 Å². The molecule has 0 saturated heterocycles. The van der Waals surface area contributed by atoms with Crippen molar-refractivity contribution < 1.29 is 4.74 Å². The van der Waals surface area contributed by atoms with E-state index in [4.69, 9.17) is 17.0 Å². The van der Waals surface area contributed by atoms with Crippen LogP contribution < -0.4 is 15.4 Å². The van der Waals surface area contributed by atoms with Crippen LogP contribution in [-0.4, -0.2) is 19.3 Å². The molecule has 0 saturated carbocycles. The number of rotatable bonds is 2. The summed E-state index contributed by atoms with van der Waals surface area (Å²) in [5.41, 5.74) is 3.17. The highest BCUT2D eigenvalue weighted by molar-refractivity contribution is 7.80. The number of anilines is 1. The van der Waals surface area contributed by atoms with Gasteiger partial charge < -0.3 is 15.4 Å². The fourth-order valence-electron chi connectivity index (χ4n) is 1.50. The van der Waals surface area contributed by atoms with Gasteiger partial charge in [0.2, 0.25) is 0 Å². The Kier molecular flexibility index (Phi) is 3.91. The Bertz CT molecular complexity index is 377. The molecule has 0 aliphatic heterocycles. The Morgan fingerprint density at radius 2 is 2.00 bits per heavy atom. The Morgan fingerprint density at radius 3 is 2.53 bits per heavy atom. The van der Waals surface area contributed by atoms with E-state index in [2.05, 4.69) is 16.7 Å². The highest BCUT2D eigenvalue weighted by atomic mass is 32.1. The first-order valence-corrected chi connectivity index (χ1v) is 5.13. The Balaban J connectivity index is 3.09. The van der Waals surface area contributed by atoms with E-state index in [1.807, 2.05) is 19.9 Å². The first-order valence-electron chi connectivity index (χ1n) is 4.72. The van der Waals surface area contributed by atoms with Gasteiger partial charge in [0.1, 0.15) is 5.75 Å². The summed E-state index contributed by atoms with van der Waals surface area (Å²) in [5.74, 6) is 0.832. The zero-order chi connectivity index (χ0) is 11.4. The molecule has 0 radical (unpaired) electrons. The lowest BCUT2D eigenvalue weighted by Gasteiger charge is -2.14. The summed E-state index contributed by atoms with van der Waals surface area (Å²) in [6.45, 7) is 4.06. The zero-order valence-corrected chi connectivity index (χ0v) is 10.3. The molecule has 0 aliphatic carbocycles. The Labute approximate surface area is 95.8 Å². The molecule has 0 aliphatic rings. The van der Waals surface area contributed by atoms with Gasteiger partial charge in [-0.1, -0.05) is 6.07 Å².